The van der Waals surface area contributed by atoms with Gasteiger partial charge in [-0.3, -0.25) is 0 Å². The van der Waals surface area contributed by atoms with Crippen LogP contribution in [0, 0.1) is 0 Å². The highest BCUT2D eigenvalue weighted by Gasteiger charge is 1.93. The van der Waals surface area contributed by atoms with Gasteiger partial charge in [0.1, 0.15) is 6.79 Å². The third-order valence-corrected chi connectivity index (χ3v) is 4.73. The molecule has 0 saturated heterocycles. The van der Waals surface area contributed by atoms with Crippen molar-refractivity contribution in [1.82, 2.24) is 0 Å². The van der Waals surface area contributed by atoms with Gasteiger partial charge in [-0.15, -0.1) is 0 Å². The summed E-state index contributed by atoms with van der Waals surface area (Å²) in [6.45, 7) is 3.92. The van der Waals surface area contributed by atoms with Crippen molar-refractivity contribution in [3.8, 4) is 0 Å². The van der Waals surface area contributed by atoms with Crippen molar-refractivity contribution in [2.45, 2.75) is 90.4 Å². The maximum absolute atomic E-state index is 5.32. The molecule has 0 aromatic heterocycles. The third kappa shape index (κ3) is 22.4. The first kappa shape index (κ1) is 23.4. The Morgan fingerprint density at radius 2 is 1.17 bits per heavy atom. The molecule has 0 aliphatic heterocycles. The second-order valence-corrected chi connectivity index (χ2v) is 7.22. The Bertz CT molecular complexity index is 232. The maximum atomic E-state index is 5.32. The van der Waals surface area contributed by atoms with Gasteiger partial charge in [-0.2, -0.15) is 0 Å². The Balaban J connectivity index is 3.02. The highest BCUT2D eigenvalue weighted by atomic mass is 127. The van der Waals surface area contributed by atoms with Crippen LogP contribution in [0.4, 0.5) is 0 Å². The van der Waals surface area contributed by atoms with Crippen LogP contribution in [0.5, 0.6) is 0 Å². The number of alkyl halides is 1. The third-order valence-electron chi connectivity index (χ3n) is 3.97. The van der Waals surface area contributed by atoms with Gasteiger partial charge in [0, 0.05) is 6.61 Å². The summed E-state index contributed by atoms with van der Waals surface area (Å²) in [6.07, 6.45) is 22.5. The number of unbranched alkanes of at least 4 members (excludes halogenated alkanes) is 11. The fourth-order valence-corrected chi connectivity index (χ4v) is 3.08. The molecule has 3 heteroatoms. The molecule has 0 aliphatic rings. The zero-order chi connectivity index (χ0) is 16.8. The number of allylic oxidation sites excluding steroid dienone is 1. The van der Waals surface area contributed by atoms with E-state index in [4.69, 9.17) is 9.47 Å². The smallest absolute Gasteiger partial charge is 0.146 e. The molecule has 138 valence electrons. The van der Waals surface area contributed by atoms with E-state index in [0.29, 0.717) is 6.79 Å². The monoisotopic (exact) mass is 438 g/mol. The Kier molecular flexibility index (Phi) is 22.8. The number of ether oxygens (including phenoxy) is 2. The average molecular weight is 438 g/mol. The van der Waals surface area contributed by atoms with Crippen LogP contribution in [0.15, 0.2) is 12.2 Å². The summed E-state index contributed by atoms with van der Waals surface area (Å²) in [5.41, 5.74) is 0. The van der Waals surface area contributed by atoms with E-state index in [1.165, 1.54) is 81.5 Å². The zero-order valence-corrected chi connectivity index (χ0v) is 17.5. The lowest BCUT2D eigenvalue weighted by Crippen LogP contribution is -1.99. The molecular formula is C20H39IO2. The van der Waals surface area contributed by atoms with Gasteiger partial charge in [0.2, 0.25) is 0 Å². The molecule has 2 nitrogen and oxygen atoms in total. The average Bonchev–Trinajstić information content (AvgIpc) is 2.57. The van der Waals surface area contributed by atoms with Gasteiger partial charge in [-0.1, -0.05) is 92.5 Å². The van der Waals surface area contributed by atoms with E-state index in [1.54, 1.807) is 0 Å². The van der Waals surface area contributed by atoms with Gasteiger partial charge in [0.25, 0.3) is 0 Å². The van der Waals surface area contributed by atoms with Crippen molar-refractivity contribution in [1.29, 1.82) is 0 Å². The van der Waals surface area contributed by atoms with Gasteiger partial charge in [-0.05, 0) is 37.0 Å². The fourth-order valence-electron chi connectivity index (χ4n) is 2.54. The summed E-state index contributed by atoms with van der Waals surface area (Å²) in [7, 11) is 0. The van der Waals surface area contributed by atoms with Crippen LogP contribution in [-0.4, -0.2) is 24.4 Å². The van der Waals surface area contributed by atoms with Crippen molar-refractivity contribution in [2.75, 3.05) is 24.4 Å². The maximum Gasteiger partial charge on any atom is 0.146 e. The SMILES string of the molecule is CCOCOCCC=CCCCCCCCCCCCCCI. The van der Waals surface area contributed by atoms with Crippen molar-refractivity contribution in [3.63, 3.8) is 0 Å². The molecule has 0 aromatic rings. The second-order valence-electron chi connectivity index (χ2n) is 6.15. The van der Waals surface area contributed by atoms with Crippen LogP contribution < -0.4 is 0 Å². The summed E-state index contributed by atoms with van der Waals surface area (Å²) in [5.74, 6) is 0. The lowest BCUT2D eigenvalue weighted by Gasteiger charge is -2.02. The number of halogens is 1. The van der Waals surface area contributed by atoms with E-state index in [1.807, 2.05) is 6.92 Å². The largest absolute Gasteiger partial charge is 0.356 e. The Labute approximate surface area is 158 Å². The molecule has 0 rings (SSSR count). The minimum absolute atomic E-state index is 0.433. The molecule has 0 bridgehead atoms. The first-order valence-electron chi connectivity index (χ1n) is 9.78. The minimum atomic E-state index is 0.433. The lowest BCUT2D eigenvalue weighted by molar-refractivity contribution is -0.0476. The quantitative estimate of drug-likeness (QED) is 0.0707. The molecule has 0 aromatic carbocycles. The number of hydrogen-bond acceptors (Lipinski definition) is 2. The molecule has 0 fully saturated rings. The predicted octanol–water partition coefficient (Wildman–Crippen LogP) is 7.06. The molecule has 0 N–H and O–H groups in total. The van der Waals surface area contributed by atoms with Gasteiger partial charge < -0.3 is 9.47 Å². The summed E-state index contributed by atoms with van der Waals surface area (Å²) >= 11 is 2.48. The van der Waals surface area contributed by atoms with E-state index >= 15 is 0 Å². The van der Waals surface area contributed by atoms with Crippen LogP contribution in [0.1, 0.15) is 90.4 Å². The highest BCUT2D eigenvalue weighted by molar-refractivity contribution is 14.1. The Hall–Kier alpha value is 0.390. The van der Waals surface area contributed by atoms with Crippen molar-refractivity contribution < 1.29 is 9.47 Å². The summed E-state index contributed by atoms with van der Waals surface area (Å²) in [5, 5.41) is 0. The van der Waals surface area contributed by atoms with Crippen molar-refractivity contribution >= 4 is 22.6 Å². The van der Waals surface area contributed by atoms with E-state index in [0.717, 1.165) is 19.6 Å². The Morgan fingerprint density at radius 1 is 0.652 bits per heavy atom. The molecule has 0 spiro atoms. The molecule has 0 amide bonds. The Morgan fingerprint density at radius 3 is 1.74 bits per heavy atom. The molecule has 0 unspecified atom stereocenters. The lowest BCUT2D eigenvalue weighted by atomic mass is 10.1. The van der Waals surface area contributed by atoms with E-state index in [9.17, 15) is 0 Å². The molecule has 0 radical (unpaired) electrons. The highest BCUT2D eigenvalue weighted by Crippen LogP contribution is 2.12. The number of hydrogen-bond donors (Lipinski definition) is 0. The van der Waals surface area contributed by atoms with Crippen LogP contribution in [0.25, 0.3) is 0 Å². The molecule has 23 heavy (non-hydrogen) atoms. The van der Waals surface area contributed by atoms with Crippen molar-refractivity contribution in [2.24, 2.45) is 0 Å². The second kappa shape index (κ2) is 22.4. The van der Waals surface area contributed by atoms with Crippen LogP contribution in [0.3, 0.4) is 0 Å². The molecular weight excluding hydrogens is 399 g/mol. The molecule has 0 heterocycles. The minimum Gasteiger partial charge on any atom is -0.356 e. The summed E-state index contributed by atoms with van der Waals surface area (Å²) in [6, 6.07) is 0. The van der Waals surface area contributed by atoms with Gasteiger partial charge in [-0.25, -0.2) is 0 Å². The normalized spacial score (nSPS) is 11.6. The fraction of sp³-hybridized carbons (Fsp3) is 0.900. The first-order chi connectivity index (χ1) is 11.4. The number of rotatable bonds is 19. The summed E-state index contributed by atoms with van der Waals surface area (Å²) in [4.78, 5) is 0. The van der Waals surface area contributed by atoms with E-state index in [-0.39, 0.29) is 0 Å². The summed E-state index contributed by atoms with van der Waals surface area (Å²) < 4.78 is 11.8. The van der Waals surface area contributed by atoms with Crippen molar-refractivity contribution in [3.05, 3.63) is 12.2 Å². The topological polar surface area (TPSA) is 18.5 Å². The molecule has 0 atom stereocenters. The zero-order valence-electron chi connectivity index (χ0n) is 15.4. The van der Waals surface area contributed by atoms with Gasteiger partial charge >= 0.3 is 0 Å². The van der Waals surface area contributed by atoms with E-state index < -0.39 is 0 Å². The van der Waals surface area contributed by atoms with Crippen LogP contribution in [-0.2, 0) is 9.47 Å². The standard InChI is InChI=1S/C20H39IO2/c1-2-22-20-23-19-17-15-13-11-9-7-5-3-4-6-8-10-12-14-16-18-21/h13,15H,2-12,14,16-20H2,1H3. The van der Waals surface area contributed by atoms with Crippen LogP contribution in [0.2, 0.25) is 0 Å². The molecule has 0 saturated carbocycles. The predicted molar refractivity (Wildman–Crippen MR) is 110 cm³/mol. The van der Waals surface area contributed by atoms with Gasteiger partial charge in [0.15, 0.2) is 0 Å². The molecule has 0 aliphatic carbocycles. The van der Waals surface area contributed by atoms with Gasteiger partial charge in [0.05, 0.1) is 6.61 Å². The van der Waals surface area contributed by atoms with Crippen LogP contribution >= 0.6 is 22.6 Å². The first-order valence-corrected chi connectivity index (χ1v) is 11.3. The van der Waals surface area contributed by atoms with E-state index in [2.05, 4.69) is 34.7 Å².